The number of hydrogen-bond acceptors (Lipinski definition) is 6. The van der Waals surface area contributed by atoms with Gasteiger partial charge < -0.3 is 14.0 Å². The lowest BCUT2D eigenvalue weighted by Crippen LogP contribution is -2.59. The third kappa shape index (κ3) is 3.00. The van der Waals surface area contributed by atoms with Crippen LogP contribution in [0.25, 0.3) is 5.69 Å². The van der Waals surface area contributed by atoms with Gasteiger partial charge in [0.1, 0.15) is 11.5 Å². The average Bonchev–Trinajstić information content (AvgIpc) is 3.33. The number of nitrogens with two attached hydrogens (primary N) is 1. The van der Waals surface area contributed by atoms with Crippen LogP contribution in [-0.2, 0) is 15.6 Å². The SMILES string of the molecule is COc1ccc(S(=O)(=O)N2CCC3(CC2)c2cccn2-c2ccc(OC)cc2N3N)cc1. The maximum atomic E-state index is 13.2. The van der Waals surface area contributed by atoms with Crippen LogP contribution in [0.4, 0.5) is 5.69 Å². The summed E-state index contributed by atoms with van der Waals surface area (Å²) in [6.07, 6.45) is 3.16. The molecule has 1 spiro atoms. The smallest absolute Gasteiger partial charge is 0.243 e. The molecule has 2 N–H and O–H groups in total. The minimum atomic E-state index is -3.60. The van der Waals surface area contributed by atoms with E-state index >= 15 is 0 Å². The summed E-state index contributed by atoms with van der Waals surface area (Å²) < 4.78 is 40.7. The van der Waals surface area contributed by atoms with Gasteiger partial charge in [-0.15, -0.1) is 0 Å². The van der Waals surface area contributed by atoms with Gasteiger partial charge in [-0.2, -0.15) is 4.31 Å². The lowest BCUT2D eigenvalue weighted by Gasteiger charge is -2.50. The molecule has 0 atom stereocenters. The van der Waals surface area contributed by atoms with Crippen LogP contribution >= 0.6 is 0 Å². The molecule has 2 aliphatic rings. The summed E-state index contributed by atoms with van der Waals surface area (Å²) in [5.74, 6) is 8.08. The lowest BCUT2D eigenvalue weighted by atomic mass is 9.82. The number of hydrazine groups is 1. The van der Waals surface area contributed by atoms with Crippen molar-refractivity contribution in [3.05, 3.63) is 66.5 Å². The van der Waals surface area contributed by atoms with E-state index in [9.17, 15) is 8.42 Å². The number of anilines is 1. The van der Waals surface area contributed by atoms with Gasteiger partial charge in [0.25, 0.3) is 0 Å². The minimum absolute atomic E-state index is 0.265. The molecule has 3 aromatic rings. The number of piperidine rings is 1. The Morgan fingerprint density at radius 2 is 1.56 bits per heavy atom. The Morgan fingerprint density at radius 1 is 0.906 bits per heavy atom. The highest BCUT2D eigenvalue weighted by molar-refractivity contribution is 7.89. The average molecular weight is 455 g/mol. The Morgan fingerprint density at radius 3 is 2.22 bits per heavy atom. The molecule has 9 heteroatoms. The summed E-state index contributed by atoms with van der Waals surface area (Å²) in [7, 11) is -0.418. The second-order valence-corrected chi connectivity index (χ2v) is 10.0. The van der Waals surface area contributed by atoms with Crippen molar-refractivity contribution in [2.45, 2.75) is 23.3 Å². The van der Waals surface area contributed by atoms with E-state index in [1.165, 1.54) is 0 Å². The molecule has 0 radical (unpaired) electrons. The van der Waals surface area contributed by atoms with E-state index < -0.39 is 15.6 Å². The molecule has 8 nitrogen and oxygen atoms in total. The highest BCUT2D eigenvalue weighted by atomic mass is 32.2. The van der Waals surface area contributed by atoms with E-state index in [1.807, 2.05) is 30.5 Å². The largest absolute Gasteiger partial charge is 0.497 e. The fraction of sp³-hybridized carbons (Fsp3) is 0.304. The van der Waals surface area contributed by atoms with E-state index in [0.717, 1.165) is 22.8 Å². The number of ether oxygens (including phenoxy) is 2. The predicted molar refractivity (Wildman–Crippen MR) is 122 cm³/mol. The second kappa shape index (κ2) is 7.54. The number of methoxy groups -OCH3 is 2. The fourth-order valence-corrected chi connectivity index (χ4v) is 6.28. The third-order valence-corrected chi connectivity index (χ3v) is 8.55. The second-order valence-electron chi connectivity index (χ2n) is 8.10. The molecule has 5 rings (SSSR count). The van der Waals surface area contributed by atoms with E-state index in [-0.39, 0.29) is 4.90 Å². The summed E-state index contributed by atoms with van der Waals surface area (Å²) in [4.78, 5) is 0.265. The Bertz CT molecular complexity index is 1250. The molecule has 0 bridgehead atoms. The van der Waals surface area contributed by atoms with Gasteiger partial charge in [0.2, 0.25) is 10.0 Å². The van der Waals surface area contributed by atoms with Gasteiger partial charge in [-0.05, 0) is 61.4 Å². The standard InChI is InChI=1S/C23H26N4O4S/c1-30-17-5-8-19(9-6-17)32(28,29)25-14-11-23(12-15-25)22-4-3-13-26(22)20-10-7-18(31-2)16-21(20)27(23)24/h3-10,13,16H,11-12,14-15,24H2,1-2H3. The molecule has 1 aromatic heterocycles. The summed E-state index contributed by atoms with van der Waals surface area (Å²) in [5, 5.41) is 1.80. The van der Waals surface area contributed by atoms with E-state index in [4.69, 9.17) is 15.3 Å². The molecular formula is C23H26N4O4S. The molecule has 3 heterocycles. The summed E-state index contributed by atoms with van der Waals surface area (Å²) in [5.41, 5.74) is 2.40. The van der Waals surface area contributed by atoms with Crippen molar-refractivity contribution >= 4 is 15.7 Å². The first-order chi connectivity index (χ1) is 15.4. The molecular weight excluding hydrogens is 428 g/mol. The van der Waals surface area contributed by atoms with Crippen molar-refractivity contribution in [1.29, 1.82) is 0 Å². The first-order valence-corrected chi connectivity index (χ1v) is 11.9. The van der Waals surface area contributed by atoms with Crippen LogP contribution in [0.1, 0.15) is 18.5 Å². The monoisotopic (exact) mass is 454 g/mol. The topological polar surface area (TPSA) is 90.0 Å². The van der Waals surface area contributed by atoms with Gasteiger partial charge in [0.15, 0.2) is 0 Å². The van der Waals surface area contributed by atoms with Crippen LogP contribution in [-0.4, -0.2) is 44.6 Å². The molecule has 0 amide bonds. The molecule has 0 aliphatic carbocycles. The number of benzene rings is 2. The predicted octanol–water partition coefficient (Wildman–Crippen LogP) is 2.87. The van der Waals surface area contributed by atoms with Crippen molar-refractivity contribution in [2.75, 3.05) is 32.3 Å². The van der Waals surface area contributed by atoms with Crippen molar-refractivity contribution < 1.29 is 17.9 Å². The molecule has 1 saturated heterocycles. The fourth-order valence-electron chi connectivity index (χ4n) is 4.84. The number of fused-ring (bicyclic) bond motifs is 4. The normalized spacial score (nSPS) is 17.7. The summed E-state index contributed by atoms with van der Waals surface area (Å²) in [6, 6.07) is 16.4. The Labute approximate surface area is 187 Å². The maximum absolute atomic E-state index is 13.2. The van der Waals surface area contributed by atoms with Crippen LogP contribution in [0, 0.1) is 0 Å². The van der Waals surface area contributed by atoms with Crippen LogP contribution in [0.15, 0.2) is 65.7 Å². The van der Waals surface area contributed by atoms with E-state index in [0.29, 0.717) is 31.7 Å². The first-order valence-electron chi connectivity index (χ1n) is 10.5. The van der Waals surface area contributed by atoms with Crippen molar-refractivity contribution in [3.63, 3.8) is 0 Å². The zero-order valence-corrected chi connectivity index (χ0v) is 18.9. The van der Waals surface area contributed by atoms with Gasteiger partial charge >= 0.3 is 0 Å². The van der Waals surface area contributed by atoms with E-state index in [2.05, 4.69) is 10.6 Å². The van der Waals surface area contributed by atoms with Gasteiger partial charge in [-0.25, -0.2) is 14.3 Å². The quantitative estimate of drug-likeness (QED) is 0.610. The first kappa shape index (κ1) is 20.9. The number of aromatic nitrogens is 1. The van der Waals surface area contributed by atoms with Crippen LogP contribution in [0.5, 0.6) is 11.5 Å². The number of hydrogen-bond donors (Lipinski definition) is 1. The molecule has 168 valence electrons. The molecule has 2 aliphatic heterocycles. The zero-order chi connectivity index (χ0) is 22.5. The maximum Gasteiger partial charge on any atom is 0.243 e. The summed E-state index contributed by atoms with van der Waals surface area (Å²) >= 11 is 0. The number of sulfonamides is 1. The van der Waals surface area contributed by atoms with Gasteiger partial charge in [-0.3, -0.25) is 5.01 Å². The van der Waals surface area contributed by atoms with Crippen LogP contribution in [0.3, 0.4) is 0 Å². The molecule has 1 fully saturated rings. The lowest BCUT2D eigenvalue weighted by molar-refractivity contribution is 0.213. The molecule has 32 heavy (non-hydrogen) atoms. The molecule has 0 saturated carbocycles. The Balaban J connectivity index is 1.47. The minimum Gasteiger partial charge on any atom is -0.497 e. The van der Waals surface area contributed by atoms with Crippen LogP contribution in [0.2, 0.25) is 0 Å². The number of rotatable bonds is 4. The van der Waals surface area contributed by atoms with Crippen LogP contribution < -0.4 is 20.3 Å². The molecule has 0 unspecified atom stereocenters. The van der Waals surface area contributed by atoms with Gasteiger partial charge in [-0.1, -0.05) is 0 Å². The van der Waals surface area contributed by atoms with Gasteiger partial charge in [0.05, 0.1) is 41.7 Å². The van der Waals surface area contributed by atoms with Crippen molar-refractivity contribution in [3.8, 4) is 17.2 Å². The highest BCUT2D eigenvalue weighted by Gasteiger charge is 2.48. The molecule has 2 aromatic carbocycles. The third-order valence-electron chi connectivity index (χ3n) is 6.64. The Kier molecular flexibility index (Phi) is 4.92. The Hall–Kier alpha value is -3.01. The zero-order valence-electron chi connectivity index (χ0n) is 18.1. The number of nitrogens with zero attached hydrogens (tertiary/aromatic N) is 3. The summed E-state index contributed by atoms with van der Waals surface area (Å²) in [6.45, 7) is 0.735. The van der Waals surface area contributed by atoms with Gasteiger partial charge in [0, 0.05) is 25.4 Å². The highest BCUT2D eigenvalue weighted by Crippen LogP contribution is 2.47. The van der Waals surface area contributed by atoms with Crippen molar-refractivity contribution in [2.24, 2.45) is 5.84 Å². The van der Waals surface area contributed by atoms with Crippen molar-refractivity contribution in [1.82, 2.24) is 8.87 Å². The van der Waals surface area contributed by atoms with E-state index in [1.54, 1.807) is 47.8 Å².